The minimum Gasteiger partial charge on any atom is -0.397 e. The number of halogens is 4. The second-order valence-electron chi connectivity index (χ2n) is 4.06. The number of hydrogen-bond donors (Lipinski definition) is 2. The van der Waals surface area contributed by atoms with E-state index in [0.717, 1.165) is 5.56 Å². The Kier molecular flexibility index (Phi) is 4.23. The van der Waals surface area contributed by atoms with Gasteiger partial charge in [-0.2, -0.15) is 0 Å². The highest BCUT2D eigenvalue weighted by atomic mass is 79.9. The molecule has 0 saturated heterocycles. The van der Waals surface area contributed by atoms with Gasteiger partial charge in [0, 0.05) is 11.1 Å². The molecule has 0 aromatic heterocycles. The van der Waals surface area contributed by atoms with Crippen LogP contribution in [0.1, 0.15) is 5.56 Å². The normalized spacial score (nSPS) is 10.6. The van der Waals surface area contributed by atoms with E-state index in [9.17, 15) is 4.39 Å². The Labute approximate surface area is 128 Å². The Morgan fingerprint density at radius 3 is 2.47 bits per heavy atom. The van der Waals surface area contributed by atoms with E-state index in [-0.39, 0.29) is 0 Å². The zero-order valence-corrected chi connectivity index (χ0v) is 13.0. The lowest BCUT2D eigenvalue weighted by molar-refractivity contribution is 0.622. The fraction of sp³-hybridized carbons (Fsp3) is 0.0769. The van der Waals surface area contributed by atoms with E-state index in [4.69, 9.17) is 28.9 Å². The molecule has 0 aliphatic rings. The zero-order chi connectivity index (χ0) is 14.2. The molecule has 6 heteroatoms. The lowest BCUT2D eigenvalue weighted by atomic mass is 10.2. The number of nitrogen functional groups attached to an aromatic ring is 1. The van der Waals surface area contributed by atoms with Gasteiger partial charge in [-0.3, -0.25) is 0 Å². The Hall–Kier alpha value is -0.970. The molecule has 0 atom stereocenters. The first kappa shape index (κ1) is 14.4. The molecular formula is C13H10BrCl2FN2. The molecule has 19 heavy (non-hydrogen) atoms. The number of aryl methyl sites for hydroxylation is 1. The average Bonchev–Trinajstić information content (AvgIpc) is 2.32. The maximum absolute atomic E-state index is 13.5. The van der Waals surface area contributed by atoms with E-state index >= 15 is 0 Å². The molecule has 100 valence electrons. The van der Waals surface area contributed by atoms with Gasteiger partial charge in [-0.1, -0.05) is 23.2 Å². The standard InChI is InChI=1S/C13H10BrCl2FN2/c1-6-2-9(16)12(4-8(6)15)19-13-5-10(17)7(14)3-11(13)18/h2-5,19H,18H2,1H3. The summed E-state index contributed by atoms with van der Waals surface area (Å²) in [4.78, 5) is 0. The van der Waals surface area contributed by atoms with Crippen LogP contribution in [0.2, 0.25) is 10.0 Å². The van der Waals surface area contributed by atoms with Gasteiger partial charge in [0.05, 0.1) is 26.6 Å². The lowest BCUT2D eigenvalue weighted by Gasteiger charge is -2.13. The van der Waals surface area contributed by atoms with Crippen LogP contribution >= 0.6 is 39.1 Å². The van der Waals surface area contributed by atoms with Gasteiger partial charge < -0.3 is 11.1 Å². The van der Waals surface area contributed by atoms with Crippen molar-refractivity contribution in [1.82, 2.24) is 0 Å². The summed E-state index contributed by atoms with van der Waals surface area (Å²) >= 11 is 15.2. The second-order valence-corrected chi connectivity index (χ2v) is 5.73. The Bertz CT molecular complexity index is 592. The van der Waals surface area contributed by atoms with Crippen LogP contribution in [-0.2, 0) is 0 Å². The van der Waals surface area contributed by atoms with E-state index in [0.29, 0.717) is 31.6 Å². The van der Waals surface area contributed by atoms with Gasteiger partial charge in [0.1, 0.15) is 5.82 Å². The summed E-state index contributed by atoms with van der Waals surface area (Å²) in [5.74, 6) is -0.411. The molecule has 3 N–H and O–H groups in total. The van der Waals surface area contributed by atoms with E-state index in [1.807, 2.05) is 6.92 Å². The third-order valence-corrected chi connectivity index (χ3v) is 3.94. The summed E-state index contributed by atoms with van der Waals surface area (Å²) in [7, 11) is 0. The molecule has 0 fully saturated rings. The largest absolute Gasteiger partial charge is 0.397 e. The van der Waals surface area contributed by atoms with Crippen LogP contribution in [0.5, 0.6) is 0 Å². The van der Waals surface area contributed by atoms with Crippen molar-refractivity contribution in [2.75, 3.05) is 11.1 Å². The SMILES string of the molecule is Cc1cc(Cl)c(Nc2cc(F)c(Br)cc2N)cc1Cl. The molecule has 0 heterocycles. The number of nitrogens with one attached hydrogen (secondary N) is 1. The number of hydrogen-bond acceptors (Lipinski definition) is 2. The van der Waals surface area contributed by atoms with Crippen LogP contribution in [0.4, 0.5) is 21.5 Å². The zero-order valence-electron chi connectivity index (χ0n) is 9.90. The maximum Gasteiger partial charge on any atom is 0.139 e. The number of benzene rings is 2. The van der Waals surface area contributed by atoms with Crippen LogP contribution in [0, 0.1) is 12.7 Å². The summed E-state index contributed by atoms with van der Waals surface area (Å²) in [6, 6.07) is 6.20. The van der Waals surface area contributed by atoms with Crippen molar-refractivity contribution in [3.8, 4) is 0 Å². The third kappa shape index (κ3) is 3.14. The highest BCUT2D eigenvalue weighted by Gasteiger charge is 2.09. The van der Waals surface area contributed by atoms with E-state index in [1.54, 1.807) is 12.1 Å². The van der Waals surface area contributed by atoms with Crippen molar-refractivity contribution in [3.63, 3.8) is 0 Å². The van der Waals surface area contributed by atoms with Crippen LogP contribution in [-0.4, -0.2) is 0 Å². The molecule has 0 aliphatic carbocycles. The first-order valence-corrected chi connectivity index (χ1v) is 6.90. The Morgan fingerprint density at radius 2 is 1.79 bits per heavy atom. The van der Waals surface area contributed by atoms with Gasteiger partial charge in [-0.25, -0.2) is 4.39 Å². The summed E-state index contributed by atoms with van der Waals surface area (Å²) in [5.41, 5.74) is 8.10. The molecular weight excluding hydrogens is 354 g/mol. The number of rotatable bonds is 2. The van der Waals surface area contributed by atoms with Gasteiger partial charge in [0.2, 0.25) is 0 Å². The van der Waals surface area contributed by atoms with Gasteiger partial charge in [0.25, 0.3) is 0 Å². The smallest absolute Gasteiger partial charge is 0.139 e. The number of nitrogens with two attached hydrogens (primary N) is 1. The quantitative estimate of drug-likeness (QED) is 0.688. The van der Waals surface area contributed by atoms with Crippen molar-refractivity contribution in [2.45, 2.75) is 6.92 Å². The van der Waals surface area contributed by atoms with Gasteiger partial charge in [0.15, 0.2) is 0 Å². The molecule has 0 aliphatic heterocycles. The second kappa shape index (κ2) is 5.57. The first-order valence-electron chi connectivity index (χ1n) is 5.35. The fourth-order valence-corrected chi connectivity index (χ4v) is 2.35. The fourth-order valence-electron chi connectivity index (χ4n) is 1.56. The lowest BCUT2D eigenvalue weighted by Crippen LogP contribution is -1.98. The van der Waals surface area contributed by atoms with E-state index in [1.165, 1.54) is 12.1 Å². The predicted octanol–water partition coefficient (Wildman–Crippen LogP) is 5.53. The van der Waals surface area contributed by atoms with Crippen LogP contribution in [0.3, 0.4) is 0 Å². The van der Waals surface area contributed by atoms with Crippen molar-refractivity contribution in [1.29, 1.82) is 0 Å². The summed E-state index contributed by atoms with van der Waals surface area (Å²) in [6.45, 7) is 1.85. The molecule has 0 spiro atoms. The molecule has 2 aromatic rings. The van der Waals surface area contributed by atoms with Crippen molar-refractivity contribution >= 4 is 56.2 Å². The minimum absolute atomic E-state index is 0.309. The van der Waals surface area contributed by atoms with E-state index < -0.39 is 5.82 Å². The first-order chi connectivity index (χ1) is 8.88. The van der Waals surface area contributed by atoms with Crippen molar-refractivity contribution < 1.29 is 4.39 Å². The molecule has 0 bridgehead atoms. The molecule has 0 unspecified atom stereocenters. The van der Waals surface area contributed by atoms with Gasteiger partial charge in [-0.05, 0) is 46.6 Å². The highest BCUT2D eigenvalue weighted by molar-refractivity contribution is 9.10. The van der Waals surface area contributed by atoms with Gasteiger partial charge >= 0.3 is 0 Å². The van der Waals surface area contributed by atoms with Crippen LogP contribution < -0.4 is 11.1 Å². The summed E-state index contributed by atoms with van der Waals surface area (Å²) < 4.78 is 13.8. The number of anilines is 3. The molecule has 0 radical (unpaired) electrons. The summed E-state index contributed by atoms with van der Waals surface area (Å²) in [6.07, 6.45) is 0. The predicted molar refractivity (Wildman–Crippen MR) is 83.0 cm³/mol. The monoisotopic (exact) mass is 362 g/mol. The Morgan fingerprint density at radius 1 is 1.11 bits per heavy atom. The topological polar surface area (TPSA) is 38.0 Å². The van der Waals surface area contributed by atoms with Crippen molar-refractivity contribution in [3.05, 3.63) is 50.2 Å². The highest BCUT2D eigenvalue weighted by Crippen LogP contribution is 2.34. The third-order valence-electron chi connectivity index (χ3n) is 2.61. The molecule has 2 nitrogen and oxygen atoms in total. The summed E-state index contributed by atoms with van der Waals surface area (Å²) in [5, 5.41) is 4.04. The molecule has 2 rings (SSSR count). The Balaban J connectivity index is 2.42. The van der Waals surface area contributed by atoms with Gasteiger partial charge in [-0.15, -0.1) is 0 Å². The maximum atomic E-state index is 13.5. The minimum atomic E-state index is -0.411. The van der Waals surface area contributed by atoms with Crippen LogP contribution in [0.25, 0.3) is 0 Å². The molecule has 0 amide bonds. The average molecular weight is 364 g/mol. The van der Waals surface area contributed by atoms with Crippen molar-refractivity contribution in [2.24, 2.45) is 0 Å². The molecule has 0 saturated carbocycles. The molecule has 2 aromatic carbocycles. The van der Waals surface area contributed by atoms with E-state index in [2.05, 4.69) is 21.2 Å². The van der Waals surface area contributed by atoms with Crippen LogP contribution in [0.15, 0.2) is 28.7 Å².